The molecule has 4 heteroatoms. The van der Waals surface area contributed by atoms with Crippen molar-refractivity contribution < 1.29 is 41.1 Å². The number of benzene rings is 1. The Morgan fingerprint density at radius 2 is 2.09 bits per heavy atom. The van der Waals surface area contributed by atoms with Crippen LogP contribution in [0, 0.1) is 0 Å². The van der Waals surface area contributed by atoms with Crippen molar-refractivity contribution in [2.45, 2.75) is 0 Å². The van der Waals surface area contributed by atoms with Crippen molar-refractivity contribution in [2.24, 2.45) is 0 Å². The Labute approximate surface area is 79.6 Å². The van der Waals surface area contributed by atoms with Crippen LogP contribution < -0.4 is 3.07 Å². The first-order valence-corrected chi connectivity index (χ1v) is 5.75. The summed E-state index contributed by atoms with van der Waals surface area (Å²) in [7, 11) is 0. The fourth-order valence-corrected chi connectivity index (χ4v) is 2.28. The number of hydrogen-bond acceptors (Lipinski definition) is 2. The van der Waals surface area contributed by atoms with Gasteiger partial charge in [0.1, 0.15) is 0 Å². The monoisotopic (exact) mass is 339 g/mol. The molecule has 0 spiro atoms. The minimum absolute atomic E-state index is 0.105. The van der Waals surface area contributed by atoms with E-state index in [0.717, 1.165) is 0 Å². The fraction of sp³-hybridized carbons (Fsp3) is 0. The molecular formula is C7H5HgO3. The van der Waals surface area contributed by atoms with Gasteiger partial charge in [-0.15, -0.1) is 0 Å². The van der Waals surface area contributed by atoms with Gasteiger partial charge >= 0.3 is 79.7 Å². The van der Waals surface area contributed by atoms with Crippen molar-refractivity contribution in [3.8, 4) is 5.75 Å². The van der Waals surface area contributed by atoms with Gasteiger partial charge in [-0.1, -0.05) is 0 Å². The summed E-state index contributed by atoms with van der Waals surface area (Å²) in [4.78, 5) is 10.5. The normalized spacial score (nSPS) is 9.64. The van der Waals surface area contributed by atoms with Crippen molar-refractivity contribution >= 4 is 9.04 Å². The molecule has 1 rings (SSSR count). The van der Waals surface area contributed by atoms with E-state index in [-0.39, 0.29) is 37.4 Å². The Kier molecular flexibility index (Phi) is 2.49. The molecule has 0 bridgehead atoms. The van der Waals surface area contributed by atoms with Gasteiger partial charge in [0, 0.05) is 0 Å². The van der Waals surface area contributed by atoms with Crippen molar-refractivity contribution in [3.63, 3.8) is 0 Å². The van der Waals surface area contributed by atoms with E-state index >= 15 is 0 Å². The molecular weight excluding hydrogens is 333 g/mol. The number of aromatic carboxylic acids is 1. The van der Waals surface area contributed by atoms with Gasteiger partial charge in [0.15, 0.2) is 0 Å². The number of carboxylic acids is 1. The van der Waals surface area contributed by atoms with Crippen LogP contribution >= 0.6 is 0 Å². The van der Waals surface area contributed by atoms with Gasteiger partial charge < -0.3 is 0 Å². The van der Waals surface area contributed by atoms with Crippen LogP contribution in [0.4, 0.5) is 0 Å². The number of phenols is 1. The van der Waals surface area contributed by atoms with E-state index in [0.29, 0.717) is 3.07 Å². The topological polar surface area (TPSA) is 57.5 Å². The molecule has 0 aliphatic heterocycles. The molecule has 0 amide bonds. The van der Waals surface area contributed by atoms with Crippen LogP contribution in [-0.4, -0.2) is 16.2 Å². The van der Waals surface area contributed by atoms with Crippen molar-refractivity contribution in [2.75, 3.05) is 0 Å². The first-order chi connectivity index (χ1) is 5.13. The molecule has 1 aromatic carbocycles. The molecule has 0 saturated carbocycles. The zero-order chi connectivity index (χ0) is 8.43. The third-order valence-corrected chi connectivity index (χ3v) is 4.27. The molecule has 2 N–H and O–H groups in total. The molecule has 0 fully saturated rings. The first-order valence-electron chi connectivity index (χ1n) is 3.00. The van der Waals surface area contributed by atoms with Crippen LogP contribution in [0.15, 0.2) is 18.2 Å². The molecule has 3 nitrogen and oxygen atoms in total. The number of carbonyl (C=O) groups is 1. The average molecular weight is 338 g/mol. The Morgan fingerprint density at radius 1 is 1.45 bits per heavy atom. The van der Waals surface area contributed by atoms with Gasteiger partial charge in [0.05, 0.1) is 0 Å². The molecule has 0 radical (unpaired) electrons. The van der Waals surface area contributed by atoms with Crippen LogP contribution in [0.3, 0.4) is 0 Å². The molecule has 0 atom stereocenters. The predicted molar refractivity (Wildman–Crippen MR) is 34.7 cm³/mol. The molecule has 11 heavy (non-hydrogen) atoms. The second-order valence-corrected chi connectivity index (χ2v) is 4.86. The van der Waals surface area contributed by atoms with Crippen LogP contribution in [0.1, 0.15) is 10.4 Å². The van der Waals surface area contributed by atoms with E-state index in [4.69, 9.17) is 10.2 Å². The number of aromatic hydroxyl groups is 1. The van der Waals surface area contributed by atoms with E-state index in [1.165, 1.54) is 18.2 Å². The molecule has 0 aliphatic carbocycles. The summed E-state index contributed by atoms with van der Waals surface area (Å²) >= 11 is 0.135. The van der Waals surface area contributed by atoms with Gasteiger partial charge in [-0.05, 0) is 0 Å². The van der Waals surface area contributed by atoms with Crippen LogP contribution in [-0.2, 0) is 26.1 Å². The third-order valence-electron chi connectivity index (χ3n) is 1.38. The maximum atomic E-state index is 10.5. The number of carboxylic acid groups (broad SMARTS) is 1. The zero-order valence-corrected chi connectivity index (χ0v) is 11.2. The van der Waals surface area contributed by atoms with E-state index in [2.05, 4.69) is 0 Å². The second kappa shape index (κ2) is 3.22. The van der Waals surface area contributed by atoms with Crippen LogP contribution in [0.5, 0.6) is 5.75 Å². The van der Waals surface area contributed by atoms with Gasteiger partial charge in [-0.3, -0.25) is 0 Å². The summed E-state index contributed by atoms with van der Waals surface area (Å²) in [5.41, 5.74) is 0.230. The molecule has 0 heterocycles. The van der Waals surface area contributed by atoms with Gasteiger partial charge in [-0.2, -0.15) is 0 Å². The third kappa shape index (κ3) is 1.71. The number of phenolic OH excluding ortho intramolecular Hbond substituents is 1. The summed E-state index contributed by atoms with van der Waals surface area (Å²) < 4.78 is 0.597. The van der Waals surface area contributed by atoms with Crippen molar-refractivity contribution in [3.05, 3.63) is 23.8 Å². The summed E-state index contributed by atoms with van der Waals surface area (Å²) in [5.74, 6) is -0.862. The zero-order valence-electron chi connectivity index (χ0n) is 5.74. The Bertz CT molecular complexity index is 296. The van der Waals surface area contributed by atoms with Gasteiger partial charge in [-0.25, -0.2) is 0 Å². The summed E-state index contributed by atoms with van der Waals surface area (Å²) in [6, 6.07) is 4.55. The minimum atomic E-state index is -0.967. The molecule has 0 saturated heterocycles. The summed E-state index contributed by atoms with van der Waals surface area (Å²) in [5, 5.41) is 17.7. The van der Waals surface area contributed by atoms with E-state index in [9.17, 15) is 4.79 Å². The maximum absolute atomic E-state index is 10.5. The molecule has 0 aromatic heterocycles. The van der Waals surface area contributed by atoms with Gasteiger partial charge in [0.2, 0.25) is 0 Å². The number of rotatable bonds is 1. The fourth-order valence-electron chi connectivity index (χ4n) is 0.775. The summed E-state index contributed by atoms with van der Waals surface area (Å²) in [6.07, 6.45) is 0. The van der Waals surface area contributed by atoms with E-state index in [1.807, 2.05) is 0 Å². The van der Waals surface area contributed by atoms with Crippen molar-refractivity contribution in [1.29, 1.82) is 0 Å². The Hall–Kier alpha value is -0.575. The summed E-state index contributed by atoms with van der Waals surface area (Å²) in [6.45, 7) is 0. The standard InChI is InChI=1S/C7H5O3.Hg/c8-6-3-1-2-5(4-6)7(9)10;/h1-3,8H,(H,9,10);. The number of hydrogen-bond donors (Lipinski definition) is 2. The quantitative estimate of drug-likeness (QED) is 0.723. The average Bonchev–Trinajstić information content (AvgIpc) is 1.94. The molecule has 53 valence electrons. The first kappa shape index (κ1) is 8.52. The van der Waals surface area contributed by atoms with Crippen molar-refractivity contribution in [1.82, 2.24) is 0 Å². The van der Waals surface area contributed by atoms with E-state index < -0.39 is 5.97 Å². The van der Waals surface area contributed by atoms with Gasteiger partial charge in [0.25, 0.3) is 0 Å². The van der Waals surface area contributed by atoms with Crippen LogP contribution in [0.2, 0.25) is 0 Å². The molecule has 1 aromatic rings. The SMILES string of the molecule is O=C(O)c1cccc(O)[c]1[Hg]. The Balaban J connectivity index is 3.27. The molecule has 0 aliphatic rings. The molecule has 0 unspecified atom stereocenters. The Morgan fingerprint density at radius 3 is 2.55 bits per heavy atom. The van der Waals surface area contributed by atoms with E-state index in [1.54, 1.807) is 0 Å². The predicted octanol–water partition coefficient (Wildman–Crippen LogP) is 0.262. The van der Waals surface area contributed by atoms with Crippen LogP contribution in [0.25, 0.3) is 0 Å². The second-order valence-electron chi connectivity index (χ2n) is 2.11.